The van der Waals surface area contributed by atoms with Crippen LogP contribution in [-0.4, -0.2) is 57.7 Å². The lowest BCUT2D eigenvalue weighted by Crippen LogP contribution is -2.50. The third kappa shape index (κ3) is 5.39. The summed E-state index contributed by atoms with van der Waals surface area (Å²) in [6.45, 7) is 9.09. The maximum atomic E-state index is 12.3. The standard InChI is InChI=1S/C23H28N6O2/c1-23(2,3)31-22(30)29-12-10-28(11-13-29)18-6-7-26-21(15-18)27-16-17-4-5-19-20(14-17)25-9-8-24-19/h4-9,14-15H,10-13,16H2,1-3H3,(H,26,27). The van der Waals surface area contributed by atoms with Gasteiger partial charge in [-0.3, -0.25) is 9.97 Å². The van der Waals surface area contributed by atoms with Crippen LogP contribution in [0.5, 0.6) is 0 Å². The van der Waals surface area contributed by atoms with Crippen LogP contribution < -0.4 is 10.2 Å². The molecule has 162 valence electrons. The fourth-order valence-corrected chi connectivity index (χ4v) is 3.50. The summed E-state index contributed by atoms with van der Waals surface area (Å²) in [7, 11) is 0. The first-order valence-electron chi connectivity index (χ1n) is 10.5. The molecule has 1 aliphatic heterocycles. The van der Waals surface area contributed by atoms with Gasteiger partial charge in [0, 0.05) is 63.1 Å². The van der Waals surface area contributed by atoms with E-state index >= 15 is 0 Å². The summed E-state index contributed by atoms with van der Waals surface area (Å²) < 4.78 is 5.48. The topological polar surface area (TPSA) is 83.5 Å². The van der Waals surface area contributed by atoms with Gasteiger partial charge in [-0.2, -0.15) is 0 Å². The number of hydrogen-bond donors (Lipinski definition) is 1. The minimum Gasteiger partial charge on any atom is -0.444 e. The second kappa shape index (κ2) is 8.75. The van der Waals surface area contributed by atoms with Crippen molar-refractivity contribution < 1.29 is 9.53 Å². The van der Waals surface area contributed by atoms with E-state index in [0.29, 0.717) is 19.6 Å². The number of hydrogen-bond acceptors (Lipinski definition) is 7. The van der Waals surface area contributed by atoms with Crippen LogP contribution in [0.25, 0.3) is 11.0 Å². The van der Waals surface area contributed by atoms with Gasteiger partial charge in [-0.05, 0) is 44.5 Å². The number of fused-ring (bicyclic) bond motifs is 1. The molecule has 1 fully saturated rings. The summed E-state index contributed by atoms with van der Waals surface area (Å²) in [5, 5.41) is 3.39. The van der Waals surface area contributed by atoms with Crippen molar-refractivity contribution in [2.24, 2.45) is 0 Å². The van der Waals surface area contributed by atoms with Crippen molar-refractivity contribution in [3.8, 4) is 0 Å². The molecule has 0 bridgehead atoms. The fraction of sp³-hybridized carbons (Fsp3) is 0.391. The molecule has 8 nitrogen and oxygen atoms in total. The van der Waals surface area contributed by atoms with Crippen LogP contribution in [0, 0.1) is 0 Å². The van der Waals surface area contributed by atoms with E-state index in [2.05, 4.69) is 25.2 Å². The molecule has 1 amide bonds. The van der Waals surface area contributed by atoms with E-state index in [4.69, 9.17) is 4.74 Å². The highest BCUT2D eigenvalue weighted by Crippen LogP contribution is 2.21. The van der Waals surface area contributed by atoms with E-state index in [1.165, 1.54) is 0 Å². The molecule has 3 heterocycles. The van der Waals surface area contributed by atoms with Gasteiger partial charge < -0.3 is 19.9 Å². The van der Waals surface area contributed by atoms with Crippen LogP contribution >= 0.6 is 0 Å². The summed E-state index contributed by atoms with van der Waals surface area (Å²) in [5.41, 5.74) is 3.50. The molecule has 0 radical (unpaired) electrons. The van der Waals surface area contributed by atoms with E-state index in [9.17, 15) is 4.79 Å². The Kier molecular flexibility index (Phi) is 5.88. The lowest BCUT2D eigenvalue weighted by atomic mass is 10.2. The number of nitrogens with one attached hydrogen (secondary N) is 1. The summed E-state index contributed by atoms with van der Waals surface area (Å²) >= 11 is 0. The highest BCUT2D eigenvalue weighted by Gasteiger charge is 2.26. The van der Waals surface area contributed by atoms with Crippen molar-refractivity contribution in [2.75, 3.05) is 36.4 Å². The van der Waals surface area contributed by atoms with Gasteiger partial charge in [0.25, 0.3) is 0 Å². The van der Waals surface area contributed by atoms with Crippen molar-refractivity contribution in [1.29, 1.82) is 0 Å². The first kappa shape index (κ1) is 20.8. The second-order valence-corrected chi connectivity index (χ2v) is 8.59. The van der Waals surface area contributed by atoms with E-state index < -0.39 is 5.60 Å². The Bertz CT molecular complexity index is 1060. The Labute approximate surface area is 182 Å². The molecule has 1 N–H and O–H groups in total. The Balaban J connectivity index is 1.34. The molecule has 0 saturated carbocycles. The third-order valence-electron chi connectivity index (χ3n) is 5.05. The maximum Gasteiger partial charge on any atom is 0.410 e. The number of rotatable bonds is 4. The Morgan fingerprint density at radius 2 is 1.71 bits per heavy atom. The molecule has 3 aromatic rings. The zero-order valence-corrected chi connectivity index (χ0v) is 18.2. The minimum absolute atomic E-state index is 0.246. The molecule has 1 aliphatic rings. The van der Waals surface area contributed by atoms with Gasteiger partial charge in [-0.1, -0.05) is 6.07 Å². The molecule has 0 spiro atoms. The Morgan fingerprint density at radius 3 is 2.45 bits per heavy atom. The summed E-state index contributed by atoms with van der Waals surface area (Å²) in [6, 6.07) is 10.1. The lowest BCUT2D eigenvalue weighted by Gasteiger charge is -2.36. The van der Waals surface area contributed by atoms with Gasteiger partial charge in [0.2, 0.25) is 0 Å². The van der Waals surface area contributed by atoms with Crippen LogP contribution in [-0.2, 0) is 11.3 Å². The number of aromatic nitrogens is 3. The number of nitrogens with zero attached hydrogens (tertiary/aromatic N) is 5. The summed E-state index contributed by atoms with van der Waals surface area (Å²) in [6.07, 6.45) is 4.96. The number of ether oxygens (including phenoxy) is 1. The molecule has 31 heavy (non-hydrogen) atoms. The molecule has 4 rings (SSSR count). The number of pyridine rings is 1. The molecule has 8 heteroatoms. The van der Waals surface area contributed by atoms with E-state index in [1.807, 2.05) is 57.3 Å². The predicted molar refractivity (Wildman–Crippen MR) is 121 cm³/mol. The quantitative estimate of drug-likeness (QED) is 0.689. The first-order valence-corrected chi connectivity index (χ1v) is 10.5. The van der Waals surface area contributed by atoms with Gasteiger partial charge in [-0.15, -0.1) is 0 Å². The second-order valence-electron chi connectivity index (χ2n) is 8.59. The van der Waals surface area contributed by atoms with E-state index in [1.54, 1.807) is 17.3 Å². The van der Waals surface area contributed by atoms with E-state index in [-0.39, 0.29) is 6.09 Å². The minimum atomic E-state index is -0.475. The highest BCUT2D eigenvalue weighted by atomic mass is 16.6. The summed E-state index contributed by atoms with van der Waals surface area (Å²) in [4.78, 5) is 29.4. The zero-order valence-electron chi connectivity index (χ0n) is 18.2. The largest absolute Gasteiger partial charge is 0.444 e. The van der Waals surface area contributed by atoms with E-state index in [0.717, 1.165) is 41.2 Å². The van der Waals surface area contributed by atoms with Crippen LogP contribution in [0.1, 0.15) is 26.3 Å². The van der Waals surface area contributed by atoms with Gasteiger partial charge in [0.05, 0.1) is 11.0 Å². The maximum absolute atomic E-state index is 12.3. The van der Waals surface area contributed by atoms with Crippen molar-refractivity contribution >= 4 is 28.6 Å². The number of carbonyl (C=O) groups is 1. The van der Waals surface area contributed by atoms with Crippen molar-refractivity contribution in [3.05, 3.63) is 54.5 Å². The molecule has 2 aromatic heterocycles. The SMILES string of the molecule is CC(C)(C)OC(=O)N1CCN(c2ccnc(NCc3ccc4nccnc4c3)c2)CC1. The Hall–Kier alpha value is -3.42. The normalized spacial score (nSPS) is 14.5. The lowest BCUT2D eigenvalue weighted by molar-refractivity contribution is 0.0240. The van der Waals surface area contributed by atoms with Gasteiger partial charge in [0.1, 0.15) is 11.4 Å². The molecule has 0 unspecified atom stereocenters. The molecular formula is C23H28N6O2. The molecule has 0 atom stereocenters. The molecule has 1 saturated heterocycles. The van der Waals surface area contributed by atoms with Crippen LogP contribution in [0.15, 0.2) is 48.9 Å². The van der Waals surface area contributed by atoms with Crippen molar-refractivity contribution in [2.45, 2.75) is 32.9 Å². The fourth-order valence-electron chi connectivity index (χ4n) is 3.50. The van der Waals surface area contributed by atoms with Gasteiger partial charge in [-0.25, -0.2) is 9.78 Å². The smallest absolute Gasteiger partial charge is 0.410 e. The van der Waals surface area contributed by atoms with Gasteiger partial charge in [0.15, 0.2) is 0 Å². The monoisotopic (exact) mass is 420 g/mol. The predicted octanol–water partition coefficient (Wildman–Crippen LogP) is 3.69. The molecular weight excluding hydrogens is 392 g/mol. The average molecular weight is 421 g/mol. The Morgan fingerprint density at radius 1 is 0.968 bits per heavy atom. The number of anilines is 2. The number of piperazine rings is 1. The van der Waals surface area contributed by atoms with Crippen molar-refractivity contribution in [1.82, 2.24) is 19.9 Å². The zero-order chi connectivity index (χ0) is 21.8. The first-order chi connectivity index (χ1) is 14.9. The highest BCUT2D eigenvalue weighted by molar-refractivity contribution is 5.74. The number of benzene rings is 1. The number of carbonyl (C=O) groups excluding carboxylic acids is 1. The summed E-state index contributed by atoms with van der Waals surface area (Å²) in [5.74, 6) is 0.811. The van der Waals surface area contributed by atoms with Crippen LogP contribution in [0.2, 0.25) is 0 Å². The van der Waals surface area contributed by atoms with Gasteiger partial charge >= 0.3 is 6.09 Å². The average Bonchev–Trinajstić information content (AvgIpc) is 2.77. The van der Waals surface area contributed by atoms with Crippen molar-refractivity contribution in [3.63, 3.8) is 0 Å². The molecule has 0 aliphatic carbocycles. The van der Waals surface area contributed by atoms with Crippen LogP contribution in [0.3, 0.4) is 0 Å². The van der Waals surface area contributed by atoms with Crippen LogP contribution in [0.4, 0.5) is 16.3 Å². The number of amides is 1. The molecule has 1 aromatic carbocycles. The third-order valence-corrected chi connectivity index (χ3v) is 5.05.